The first-order valence-electron chi connectivity index (χ1n) is 7.30. The van der Waals surface area contributed by atoms with E-state index in [4.69, 9.17) is 5.73 Å². The Morgan fingerprint density at radius 1 is 1.24 bits per heavy atom. The molecule has 6 nitrogen and oxygen atoms in total. The SMILES string of the molecule is CCNC(=O)Nc1cccc(NC(=O)C2CCC(N)C2)c1. The second-order valence-electron chi connectivity index (χ2n) is 5.32. The minimum atomic E-state index is -0.261. The topological polar surface area (TPSA) is 96.2 Å². The van der Waals surface area contributed by atoms with E-state index < -0.39 is 0 Å². The van der Waals surface area contributed by atoms with Crippen LogP contribution < -0.4 is 21.7 Å². The maximum atomic E-state index is 12.1. The summed E-state index contributed by atoms with van der Waals surface area (Å²) in [6.45, 7) is 2.41. The van der Waals surface area contributed by atoms with Crippen molar-refractivity contribution in [2.75, 3.05) is 17.2 Å². The number of carbonyl (C=O) groups is 2. The number of anilines is 2. The van der Waals surface area contributed by atoms with E-state index in [9.17, 15) is 9.59 Å². The van der Waals surface area contributed by atoms with Gasteiger partial charge in [0.2, 0.25) is 5.91 Å². The molecule has 0 aromatic heterocycles. The van der Waals surface area contributed by atoms with Gasteiger partial charge in [-0.15, -0.1) is 0 Å². The van der Waals surface area contributed by atoms with Crippen LogP contribution in [0.2, 0.25) is 0 Å². The Morgan fingerprint density at radius 3 is 2.57 bits per heavy atom. The summed E-state index contributed by atoms with van der Waals surface area (Å²) in [6.07, 6.45) is 2.48. The van der Waals surface area contributed by atoms with E-state index in [1.807, 2.05) is 6.92 Å². The lowest BCUT2D eigenvalue weighted by molar-refractivity contribution is -0.119. The van der Waals surface area contributed by atoms with Crippen molar-refractivity contribution in [3.63, 3.8) is 0 Å². The first-order valence-corrected chi connectivity index (χ1v) is 7.30. The second-order valence-corrected chi connectivity index (χ2v) is 5.32. The van der Waals surface area contributed by atoms with Crippen molar-refractivity contribution in [2.45, 2.75) is 32.2 Å². The summed E-state index contributed by atoms with van der Waals surface area (Å²) < 4.78 is 0. The average Bonchev–Trinajstić information content (AvgIpc) is 2.86. The van der Waals surface area contributed by atoms with Gasteiger partial charge in [0.25, 0.3) is 0 Å². The summed E-state index contributed by atoms with van der Waals surface area (Å²) in [5, 5.41) is 8.25. The van der Waals surface area contributed by atoms with Crippen molar-refractivity contribution in [3.05, 3.63) is 24.3 Å². The van der Waals surface area contributed by atoms with Crippen LogP contribution in [-0.4, -0.2) is 24.5 Å². The minimum Gasteiger partial charge on any atom is -0.338 e. The highest BCUT2D eigenvalue weighted by Crippen LogP contribution is 2.26. The van der Waals surface area contributed by atoms with Crippen LogP contribution in [-0.2, 0) is 4.79 Å². The zero-order valence-electron chi connectivity index (χ0n) is 12.2. The number of rotatable bonds is 4. The van der Waals surface area contributed by atoms with Crippen LogP contribution in [0.4, 0.5) is 16.2 Å². The summed E-state index contributed by atoms with van der Waals surface area (Å²) in [4.78, 5) is 23.6. The number of urea groups is 1. The van der Waals surface area contributed by atoms with Crippen LogP contribution >= 0.6 is 0 Å². The molecular formula is C15H22N4O2. The number of amides is 3. The van der Waals surface area contributed by atoms with Gasteiger partial charge in [0, 0.05) is 29.9 Å². The van der Waals surface area contributed by atoms with E-state index in [-0.39, 0.29) is 23.9 Å². The Labute approximate surface area is 124 Å². The molecule has 5 N–H and O–H groups in total. The molecule has 2 rings (SSSR count). The maximum absolute atomic E-state index is 12.1. The van der Waals surface area contributed by atoms with Gasteiger partial charge in [0.05, 0.1) is 0 Å². The van der Waals surface area contributed by atoms with Gasteiger partial charge in [-0.05, 0) is 44.4 Å². The molecule has 2 atom stereocenters. The fourth-order valence-corrected chi connectivity index (χ4v) is 2.51. The Kier molecular flexibility index (Phi) is 5.16. The zero-order valence-corrected chi connectivity index (χ0v) is 12.2. The first kappa shape index (κ1) is 15.3. The smallest absolute Gasteiger partial charge is 0.319 e. The fraction of sp³-hybridized carbons (Fsp3) is 0.467. The molecule has 1 saturated carbocycles. The van der Waals surface area contributed by atoms with E-state index in [1.54, 1.807) is 24.3 Å². The highest BCUT2D eigenvalue weighted by atomic mass is 16.2. The van der Waals surface area contributed by atoms with E-state index in [0.29, 0.717) is 17.9 Å². The largest absolute Gasteiger partial charge is 0.338 e. The third kappa shape index (κ3) is 4.46. The lowest BCUT2D eigenvalue weighted by atomic mass is 10.1. The average molecular weight is 290 g/mol. The number of hydrogen-bond donors (Lipinski definition) is 4. The Morgan fingerprint density at radius 2 is 1.95 bits per heavy atom. The molecule has 1 fully saturated rings. The summed E-state index contributed by atoms with van der Waals surface area (Å²) in [5.74, 6) is -0.0156. The quantitative estimate of drug-likeness (QED) is 0.682. The van der Waals surface area contributed by atoms with Gasteiger partial charge in [0.1, 0.15) is 0 Å². The number of benzene rings is 1. The predicted molar refractivity (Wildman–Crippen MR) is 83.1 cm³/mol. The van der Waals surface area contributed by atoms with Gasteiger partial charge >= 0.3 is 6.03 Å². The molecule has 1 aliphatic rings. The van der Waals surface area contributed by atoms with Crippen LogP contribution in [0.5, 0.6) is 0 Å². The van der Waals surface area contributed by atoms with Crippen LogP contribution in [0.15, 0.2) is 24.3 Å². The molecule has 1 aliphatic carbocycles. The molecule has 3 amide bonds. The van der Waals surface area contributed by atoms with Crippen molar-refractivity contribution in [1.82, 2.24) is 5.32 Å². The van der Waals surface area contributed by atoms with E-state index in [1.165, 1.54) is 0 Å². The Hall–Kier alpha value is -2.08. The number of nitrogens with two attached hydrogens (primary N) is 1. The van der Waals surface area contributed by atoms with Gasteiger partial charge in [0.15, 0.2) is 0 Å². The number of carbonyl (C=O) groups excluding carboxylic acids is 2. The molecular weight excluding hydrogens is 268 g/mol. The fourth-order valence-electron chi connectivity index (χ4n) is 2.51. The lowest BCUT2D eigenvalue weighted by Gasteiger charge is -2.12. The molecule has 0 heterocycles. The summed E-state index contributed by atoms with van der Waals surface area (Å²) >= 11 is 0. The third-order valence-corrected chi connectivity index (χ3v) is 3.57. The molecule has 21 heavy (non-hydrogen) atoms. The highest BCUT2D eigenvalue weighted by Gasteiger charge is 2.27. The van der Waals surface area contributed by atoms with Gasteiger partial charge in [-0.25, -0.2) is 4.79 Å². The van der Waals surface area contributed by atoms with Crippen molar-refractivity contribution >= 4 is 23.3 Å². The minimum absolute atomic E-state index is 0.00175. The zero-order chi connectivity index (χ0) is 15.2. The molecule has 1 aromatic rings. The van der Waals surface area contributed by atoms with Gasteiger partial charge in [-0.1, -0.05) is 6.07 Å². The van der Waals surface area contributed by atoms with Gasteiger partial charge in [-0.2, -0.15) is 0 Å². The molecule has 2 unspecified atom stereocenters. The van der Waals surface area contributed by atoms with Gasteiger partial charge < -0.3 is 21.7 Å². The van der Waals surface area contributed by atoms with Gasteiger partial charge in [-0.3, -0.25) is 4.79 Å². The van der Waals surface area contributed by atoms with Crippen LogP contribution in [0.1, 0.15) is 26.2 Å². The van der Waals surface area contributed by atoms with Crippen LogP contribution in [0.3, 0.4) is 0 Å². The Bertz CT molecular complexity index is 518. The highest BCUT2D eigenvalue weighted by molar-refractivity contribution is 5.94. The molecule has 0 bridgehead atoms. The molecule has 0 spiro atoms. The third-order valence-electron chi connectivity index (χ3n) is 3.57. The Balaban J connectivity index is 1.94. The molecule has 0 radical (unpaired) electrons. The van der Waals surface area contributed by atoms with Crippen LogP contribution in [0.25, 0.3) is 0 Å². The summed E-state index contributed by atoms with van der Waals surface area (Å²) in [6, 6.07) is 6.97. The standard InChI is InChI=1S/C15H22N4O2/c1-2-17-15(21)19-13-5-3-4-12(9-13)18-14(20)10-6-7-11(16)8-10/h3-5,9-11H,2,6-8,16H2,1H3,(H,18,20)(H2,17,19,21). The number of hydrogen-bond acceptors (Lipinski definition) is 3. The van der Waals surface area contributed by atoms with E-state index >= 15 is 0 Å². The lowest BCUT2D eigenvalue weighted by Crippen LogP contribution is -2.28. The van der Waals surface area contributed by atoms with Crippen LogP contribution in [0, 0.1) is 5.92 Å². The molecule has 114 valence electrons. The second kappa shape index (κ2) is 7.08. The van der Waals surface area contributed by atoms with E-state index in [0.717, 1.165) is 19.3 Å². The van der Waals surface area contributed by atoms with Crippen molar-refractivity contribution in [1.29, 1.82) is 0 Å². The molecule has 0 saturated heterocycles. The van der Waals surface area contributed by atoms with Crippen molar-refractivity contribution < 1.29 is 9.59 Å². The molecule has 0 aliphatic heterocycles. The summed E-state index contributed by atoms with van der Waals surface area (Å²) in [5.41, 5.74) is 7.15. The normalized spacial score (nSPS) is 20.9. The predicted octanol–water partition coefficient (Wildman–Crippen LogP) is 1.89. The molecule has 1 aromatic carbocycles. The summed E-state index contributed by atoms with van der Waals surface area (Å²) in [7, 11) is 0. The monoisotopic (exact) mass is 290 g/mol. The first-order chi connectivity index (χ1) is 10.1. The molecule has 6 heteroatoms. The van der Waals surface area contributed by atoms with E-state index in [2.05, 4.69) is 16.0 Å². The van der Waals surface area contributed by atoms with Crippen molar-refractivity contribution in [3.8, 4) is 0 Å². The maximum Gasteiger partial charge on any atom is 0.319 e. The van der Waals surface area contributed by atoms with Crippen molar-refractivity contribution in [2.24, 2.45) is 11.7 Å². The number of nitrogens with one attached hydrogen (secondary N) is 3.